The van der Waals surface area contributed by atoms with Crippen molar-refractivity contribution in [3.63, 3.8) is 0 Å². The quantitative estimate of drug-likeness (QED) is 0.851. The number of sulfonamides is 1. The van der Waals surface area contributed by atoms with Crippen LogP contribution < -0.4 is 5.32 Å². The molecule has 1 aliphatic heterocycles. The Hall–Kier alpha value is -2.19. The molecule has 0 saturated carbocycles. The standard InChI is InChI=1S/C19H26N4O3S/c1-14(2)19(24)21-15-7-9-16(10-8-15)27(25,26)23-13-5-4-6-18(23)17-11-12-20-22(17)3/h7-12,14,18H,4-6,13H2,1-3H3,(H,21,24). The number of carbonyl (C=O) groups excluding carboxylic acids is 1. The molecule has 146 valence electrons. The maximum atomic E-state index is 13.3. The Balaban J connectivity index is 1.86. The molecule has 3 rings (SSSR count). The number of aromatic nitrogens is 2. The Bertz CT molecular complexity index is 903. The van der Waals surface area contributed by atoms with E-state index in [0.717, 1.165) is 25.0 Å². The van der Waals surface area contributed by atoms with Crippen LogP contribution in [0.1, 0.15) is 44.8 Å². The van der Waals surface area contributed by atoms with Crippen LogP contribution in [-0.2, 0) is 21.9 Å². The van der Waals surface area contributed by atoms with E-state index in [1.807, 2.05) is 27.0 Å². The van der Waals surface area contributed by atoms with Crippen molar-refractivity contribution >= 4 is 21.6 Å². The van der Waals surface area contributed by atoms with Gasteiger partial charge in [-0.05, 0) is 43.2 Å². The molecular formula is C19H26N4O3S. The minimum absolute atomic E-state index is 0.0992. The van der Waals surface area contributed by atoms with Gasteiger partial charge in [0, 0.05) is 31.4 Å². The molecule has 1 aromatic heterocycles. The third-order valence-electron chi connectivity index (χ3n) is 4.91. The minimum Gasteiger partial charge on any atom is -0.326 e. The second-order valence-corrected chi connectivity index (χ2v) is 9.07. The van der Waals surface area contributed by atoms with E-state index in [9.17, 15) is 13.2 Å². The van der Waals surface area contributed by atoms with Gasteiger partial charge in [0.15, 0.2) is 0 Å². The maximum Gasteiger partial charge on any atom is 0.243 e. The molecule has 1 aliphatic rings. The van der Waals surface area contributed by atoms with Gasteiger partial charge in [-0.1, -0.05) is 20.3 Å². The zero-order valence-electron chi connectivity index (χ0n) is 15.9. The molecule has 0 aliphatic carbocycles. The molecule has 1 fully saturated rings. The highest BCUT2D eigenvalue weighted by Crippen LogP contribution is 2.35. The van der Waals surface area contributed by atoms with Gasteiger partial charge < -0.3 is 5.32 Å². The summed E-state index contributed by atoms with van der Waals surface area (Å²) in [6.45, 7) is 4.11. The van der Waals surface area contributed by atoms with Gasteiger partial charge in [0.1, 0.15) is 0 Å². The molecule has 8 heteroatoms. The van der Waals surface area contributed by atoms with Crippen molar-refractivity contribution in [3.8, 4) is 0 Å². The lowest BCUT2D eigenvalue weighted by Crippen LogP contribution is -2.39. The van der Waals surface area contributed by atoms with E-state index >= 15 is 0 Å². The van der Waals surface area contributed by atoms with Crippen molar-refractivity contribution in [2.45, 2.75) is 44.0 Å². The highest BCUT2D eigenvalue weighted by atomic mass is 32.2. The lowest BCUT2D eigenvalue weighted by molar-refractivity contribution is -0.118. The number of carbonyl (C=O) groups is 1. The number of hydrogen-bond acceptors (Lipinski definition) is 4. The van der Waals surface area contributed by atoms with Gasteiger partial charge in [0.2, 0.25) is 15.9 Å². The number of rotatable bonds is 5. The second kappa shape index (κ2) is 7.82. The fourth-order valence-electron chi connectivity index (χ4n) is 3.33. The summed E-state index contributed by atoms with van der Waals surface area (Å²) in [5.74, 6) is -0.237. The van der Waals surface area contributed by atoms with Crippen LogP contribution in [0.2, 0.25) is 0 Å². The first-order chi connectivity index (χ1) is 12.8. The number of nitrogens with one attached hydrogen (secondary N) is 1. The molecule has 0 radical (unpaired) electrons. The molecule has 1 atom stereocenters. The first-order valence-electron chi connectivity index (χ1n) is 9.21. The molecule has 1 saturated heterocycles. The van der Waals surface area contributed by atoms with Crippen molar-refractivity contribution in [3.05, 3.63) is 42.2 Å². The van der Waals surface area contributed by atoms with Gasteiger partial charge in [-0.25, -0.2) is 8.42 Å². The normalized spacial score (nSPS) is 18.6. The largest absolute Gasteiger partial charge is 0.326 e. The van der Waals surface area contributed by atoms with Crippen LogP contribution in [0.15, 0.2) is 41.4 Å². The molecule has 2 aromatic rings. The van der Waals surface area contributed by atoms with Crippen molar-refractivity contribution in [1.82, 2.24) is 14.1 Å². The van der Waals surface area contributed by atoms with Crippen LogP contribution in [0.25, 0.3) is 0 Å². The Kier molecular flexibility index (Phi) is 5.67. The highest BCUT2D eigenvalue weighted by Gasteiger charge is 2.35. The lowest BCUT2D eigenvalue weighted by atomic mass is 10.0. The summed E-state index contributed by atoms with van der Waals surface area (Å²) in [4.78, 5) is 12.0. The Morgan fingerprint density at radius 1 is 1.19 bits per heavy atom. The van der Waals surface area contributed by atoms with E-state index in [1.165, 1.54) is 0 Å². The maximum absolute atomic E-state index is 13.3. The fourth-order valence-corrected chi connectivity index (χ4v) is 5.00. The third-order valence-corrected chi connectivity index (χ3v) is 6.83. The Morgan fingerprint density at radius 2 is 1.89 bits per heavy atom. The van der Waals surface area contributed by atoms with Crippen molar-refractivity contribution < 1.29 is 13.2 Å². The number of aryl methyl sites for hydroxylation is 1. The molecule has 0 spiro atoms. The van der Waals surface area contributed by atoms with Gasteiger partial charge in [-0.15, -0.1) is 0 Å². The predicted molar refractivity (Wildman–Crippen MR) is 104 cm³/mol. The zero-order chi connectivity index (χ0) is 19.6. The van der Waals surface area contributed by atoms with Gasteiger partial charge in [0.25, 0.3) is 0 Å². The molecular weight excluding hydrogens is 364 g/mol. The number of piperidine rings is 1. The first-order valence-corrected chi connectivity index (χ1v) is 10.7. The average Bonchev–Trinajstić information content (AvgIpc) is 3.08. The Morgan fingerprint density at radius 3 is 2.48 bits per heavy atom. The van der Waals surface area contributed by atoms with Crippen LogP contribution in [-0.4, -0.2) is 35.0 Å². The molecule has 2 heterocycles. The van der Waals surface area contributed by atoms with Gasteiger partial charge in [-0.3, -0.25) is 9.48 Å². The van der Waals surface area contributed by atoms with E-state index in [2.05, 4.69) is 10.4 Å². The van der Waals surface area contributed by atoms with Crippen LogP contribution in [0.4, 0.5) is 5.69 Å². The van der Waals surface area contributed by atoms with E-state index < -0.39 is 10.0 Å². The molecule has 0 bridgehead atoms. The summed E-state index contributed by atoms with van der Waals surface area (Å²) in [5, 5.41) is 6.97. The molecule has 1 aromatic carbocycles. The van der Waals surface area contributed by atoms with Gasteiger partial charge in [0.05, 0.1) is 16.6 Å². The summed E-state index contributed by atoms with van der Waals surface area (Å²) < 4.78 is 29.8. The number of benzene rings is 1. The van der Waals surface area contributed by atoms with E-state index in [0.29, 0.717) is 12.2 Å². The summed E-state index contributed by atoms with van der Waals surface area (Å²) in [5.41, 5.74) is 1.49. The smallest absolute Gasteiger partial charge is 0.243 e. The van der Waals surface area contributed by atoms with Crippen LogP contribution in [0.5, 0.6) is 0 Å². The first kappa shape index (κ1) is 19.6. The summed E-state index contributed by atoms with van der Waals surface area (Å²) in [7, 11) is -1.80. The molecule has 7 nitrogen and oxygen atoms in total. The average molecular weight is 391 g/mol. The molecule has 27 heavy (non-hydrogen) atoms. The number of hydrogen-bond donors (Lipinski definition) is 1. The molecule has 1 unspecified atom stereocenters. The van der Waals surface area contributed by atoms with Crippen LogP contribution >= 0.6 is 0 Å². The van der Waals surface area contributed by atoms with E-state index in [4.69, 9.17) is 0 Å². The number of amides is 1. The molecule has 1 amide bonds. The fraction of sp³-hybridized carbons (Fsp3) is 0.474. The topological polar surface area (TPSA) is 84.3 Å². The van der Waals surface area contributed by atoms with E-state index in [1.54, 1.807) is 39.4 Å². The van der Waals surface area contributed by atoms with Crippen LogP contribution in [0, 0.1) is 5.92 Å². The summed E-state index contributed by atoms with van der Waals surface area (Å²) in [6.07, 6.45) is 4.31. The monoisotopic (exact) mass is 390 g/mol. The summed E-state index contributed by atoms with van der Waals surface area (Å²) in [6, 6.07) is 8.05. The highest BCUT2D eigenvalue weighted by molar-refractivity contribution is 7.89. The SMILES string of the molecule is CC(C)C(=O)Nc1ccc(S(=O)(=O)N2CCCCC2c2ccnn2C)cc1. The van der Waals surface area contributed by atoms with Crippen molar-refractivity contribution in [2.24, 2.45) is 13.0 Å². The third kappa shape index (κ3) is 4.06. The van der Waals surface area contributed by atoms with E-state index in [-0.39, 0.29) is 22.8 Å². The summed E-state index contributed by atoms with van der Waals surface area (Å²) >= 11 is 0. The zero-order valence-corrected chi connectivity index (χ0v) is 16.7. The van der Waals surface area contributed by atoms with Gasteiger partial charge >= 0.3 is 0 Å². The second-order valence-electron chi connectivity index (χ2n) is 7.18. The van der Waals surface area contributed by atoms with Crippen LogP contribution in [0.3, 0.4) is 0 Å². The van der Waals surface area contributed by atoms with Crippen molar-refractivity contribution in [1.29, 1.82) is 0 Å². The van der Waals surface area contributed by atoms with Crippen molar-refractivity contribution in [2.75, 3.05) is 11.9 Å². The van der Waals surface area contributed by atoms with Gasteiger partial charge in [-0.2, -0.15) is 9.40 Å². The Labute approximate surface area is 160 Å². The number of anilines is 1. The molecule has 1 N–H and O–H groups in total. The minimum atomic E-state index is -3.64. The lowest BCUT2D eigenvalue weighted by Gasteiger charge is -2.34. The number of nitrogens with zero attached hydrogens (tertiary/aromatic N) is 3. The predicted octanol–water partition coefficient (Wildman–Crippen LogP) is 2.93.